The van der Waals surface area contributed by atoms with Gasteiger partial charge >= 0.3 is 0 Å². The van der Waals surface area contributed by atoms with Gasteiger partial charge in [-0.1, -0.05) is 18.2 Å². The van der Waals surface area contributed by atoms with Crippen molar-refractivity contribution in [2.45, 2.75) is 26.4 Å². The van der Waals surface area contributed by atoms with Crippen LogP contribution in [-0.4, -0.2) is 21.8 Å². The van der Waals surface area contributed by atoms with Crippen LogP contribution in [0.2, 0.25) is 0 Å². The molecule has 1 aromatic carbocycles. The molecule has 4 nitrogen and oxygen atoms in total. The van der Waals surface area contributed by atoms with Crippen LogP contribution in [0, 0.1) is 10.6 Å². The zero-order valence-electron chi connectivity index (χ0n) is 11.2. The Bertz CT molecular complexity index is 619. The molecule has 1 atom stereocenters. The average molecular weight is 280 g/mol. The summed E-state index contributed by atoms with van der Waals surface area (Å²) in [4.78, 5) is 1.91. The monoisotopic (exact) mass is 280 g/mol. The van der Waals surface area contributed by atoms with Crippen LogP contribution >= 0.6 is 12.2 Å². The van der Waals surface area contributed by atoms with Crippen LogP contribution < -0.4 is 4.90 Å². The summed E-state index contributed by atoms with van der Waals surface area (Å²) in [6, 6.07) is 6.65. The molecule has 0 spiro atoms. The molecule has 1 heterocycles. The van der Waals surface area contributed by atoms with Crippen molar-refractivity contribution in [2.24, 2.45) is 0 Å². The van der Waals surface area contributed by atoms with Crippen molar-refractivity contribution in [3.8, 4) is 0 Å². The third kappa shape index (κ3) is 2.53. The number of hydrogen-bond donors (Lipinski definition) is 1. The number of H-pyrrole nitrogens is 1. The number of halogens is 1. The first kappa shape index (κ1) is 13.7. The fourth-order valence-corrected chi connectivity index (χ4v) is 2.32. The normalized spacial score (nSPS) is 12.4. The molecule has 2 aromatic rings. The highest BCUT2D eigenvalue weighted by Gasteiger charge is 2.19. The Kier molecular flexibility index (Phi) is 3.99. The van der Waals surface area contributed by atoms with Gasteiger partial charge in [0.1, 0.15) is 5.82 Å². The molecule has 1 unspecified atom stereocenters. The second-order valence-electron chi connectivity index (χ2n) is 4.38. The number of hydrogen-bond acceptors (Lipinski definition) is 3. The van der Waals surface area contributed by atoms with Crippen LogP contribution in [0.3, 0.4) is 0 Å². The van der Waals surface area contributed by atoms with Crippen LogP contribution in [0.5, 0.6) is 0 Å². The van der Waals surface area contributed by atoms with Gasteiger partial charge in [-0.2, -0.15) is 0 Å². The molecule has 19 heavy (non-hydrogen) atoms. The molecular formula is C13H17FN4S. The summed E-state index contributed by atoms with van der Waals surface area (Å²) < 4.78 is 16.3. The Hall–Kier alpha value is -1.69. The lowest BCUT2D eigenvalue weighted by Gasteiger charge is -2.26. The van der Waals surface area contributed by atoms with Crippen LogP contribution in [0.1, 0.15) is 25.5 Å². The molecule has 0 saturated carbocycles. The quantitative estimate of drug-likeness (QED) is 0.873. The second-order valence-corrected chi connectivity index (χ2v) is 4.77. The van der Waals surface area contributed by atoms with E-state index in [1.807, 2.05) is 36.4 Å². The zero-order chi connectivity index (χ0) is 14.0. The third-order valence-electron chi connectivity index (χ3n) is 3.31. The van der Waals surface area contributed by atoms with Crippen LogP contribution in [0.4, 0.5) is 10.3 Å². The molecule has 0 fully saturated rings. The van der Waals surface area contributed by atoms with Crippen LogP contribution in [0.25, 0.3) is 0 Å². The maximum absolute atomic E-state index is 13.8. The molecule has 102 valence electrons. The minimum absolute atomic E-state index is 0.128. The van der Waals surface area contributed by atoms with Crippen LogP contribution in [-0.2, 0) is 6.54 Å². The maximum atomic E-state index is 13.8. The smallest absolute Gasteiger partial charge is 0.225 e. The number of aromatic nitrogens is 3. The van der Waals surface area contributed by atoms with E-state index in [4.69, 9.17) is 12.2 Å². The average Bonchev–Trinajstić information content (AvgIpc) is 2.78. The summed E-state index contributed by atoms with van der Waals surface area (Å²) >= 11 is 5.16. The first-order valence-electron chi connectivity index (χ1n) is 6.18. The van der Waals surface area contributed by atoms with E-state index in [0.29, 0.717) is 16.3 Å². The predicted octanol–water partition coefficient (Wildman–Crippen LogP) is 3.30. The number of anilines is 1. The van der Waals surface area contributed by atoms with E-state index in [-0.39, 0.29) is 11.9 Å². The summed E-state index contributed by atoms with van der Waals surface area (Å²) in [5.74, 6) is 0.502. The first-order chi connectivity index (χ1) is 9.06. The molecular weight excluding hydrogens is 263 g/mol. The van der Waals surface area contributed by atoms with E-state index in [9.17, 15) is 4.39 Å². The molecule has 0 saturated heterocycles. The molecule has 0 aliphatic carbocycles. The van der Waals surface area contributed by atoms with Gasteiger partial charge in [-0.05, 0) is 32.1 Å². The van der Waals surface area contributed by atoms with Gasteiger partial charge in [-0.25, -0.2) is 9.49 Å². The van der Waals surface area contributed by atoms with Crippen molar-refractivity contribution in [3.05, 3.63) is 40.4 Å². The molecule has 0 radical (unpaired) electrons. The van der Waals surface area contributed by atoms with E-state index >= 15 is 0 Å². The van der Waals surface area contributed by atoms with E-state index < -0.39 is 0 Å². The lowest BCUT2D eigenvalue weighted by molar-refractivity contribution is 0.577. The van der Waals surface area contributed by atoms with Gasteiger partial charge in [0.25, 0.3) is 0 Å². The molecule has 0 aliphatic heterocycles. The molecule has 0 aliphatic rings. The van der Waals surface area contributed by atoms with Crippen molar-refractivity contribution in [2.75, 3.05) is 11.9 Å². The van der Waals surface area contributed by atoms with Gasteiger partial charge in [0.2, 0.25) is 5.95 Å². The minimum Gasteiger partial charge on any atom is -0.337 e. The van der Waals surface area contributed by atoms with E-state index in [1.54, 1.807) is 12.1 Å². The van der Waals surface area contributed by atoms with Gasteiger partial charge in [0.15, 0.2) is 4.77 Å². The Labute approximate surface area is 116 Å². The molecule has 6 heteroatoms. The van der Waals surface area contributed by atoms with Crippen molar-refractivity contribution >= 4 is 18.2 Å². The first-order valence-corrected chi connectivity index (χ1v) is 6.59. The Morgan fingerprint density at radius 1 is 1.47 bits per heavy atom. The zero-order valence-corrected chi connectivity index (χ0v) is 12.0. The highest BCUT2D eigenvalue weighted by Crippen LogP contribution is 2.25. The summed E-state index contributed by atoms with van der Waals surface area (Å²) in [6.45, 7) is 4.66. The van der Waals surface area contributed by atoms with Gasteiger partial charge < -0.3 is 4.90 Å². The number of nitrogens with one attached hydrogen (secondary N) is 1. The highest BCUT2D eigenvalue weighted by atomic mass is 32.1. The fraction of sp³-hybridized carbons (Fsp3) is 0.385. The molecule has 0 amide bonds. The predicted molar refractivity (Wildman–Crippen MR) is 76.3 cm³/mol. The number of nitrogens with zero attached hydrogens (tertiary/aromatic N) is 3. The number of benzene rings is 1. The summed E-state index contributed by atoms with van der Waals surface area (Å²) in [5.41, 5.74) is 0.640. The SMILES string of the molecule is CCn1c(N(C)C(C)c2ccccc2F)n[nH]c1=S. The van der Waals surface area contributed by atoms with E-state index in [1.165, 1.54) is 6.07 Å². The lowest BCUT2D eigenvalue weighted by atomic mass is 10.1. The van der Waals surface area contributed by atoms with Gasteiger partial charge in [-0.3, -0.25) is 4.57 Å². The van der Waals surface area contributed by atoms with E-state index in [2.05, 4.69) is 10.2 Å². The lowest BCUT2D eigenvalue weighted by Crippen LogP contribution is -2.25. The highest BCUT2D eigenvalue weighted by molar-refractivity contribution is 7.71. The fourth-order valence-electron chi connectivity index (χ4n) is 2.06. The largest absolute Gasteiger partial charge is 0.337 e. The van der Waals surface area contributed by atoms with Crippen molar-refractivity contribution < 1.29 is 4.39 Å². The molecule has 2 rings (SSSR count). The maximum Gasteiger partial charge on any atom is 0.225 e. The van der Waals surface area contributed by atoms with Crippen molar-refractivity contribution in [1.29, 1.82) is 0 Å². The molecule has 1 aromatic heterocycles. The second kappa shape index (κ2) is 5.52. The number of aromatic amines is 1. The van der Waals surface area contributed by atoms with Crippen molar-refractivity contribution in [3.63, 3.8) is 0 Å². The summed E-state index contributed by atoms with van der Waals surface area (Å²) in [5, 5.41) is 6.98. The van der Waals surface area contributed by atoms with Gasteiger partial charge in [-0.15, -0.1) is 5.10 Å². The molecule has 1 N–H and O–H groups in total. The minimum atomic E-state index is -0.209. The topological polar surface area (TPSA) is 36.9 Å². The van der Waals surface area contributed by atoms with Gasteiger partial charge in [0.05, 0.1) is 6.04 Å². The Morgan fingerprint density at radius 2 is 2.16 bits per heavy atom. The Morgan fingerprint density at radius 3 is 2.79 bits per heavy atom. The Balaban J connectivity index is 2.36. The van der Waals surface area contributed by atoms with Crippen LogP contribution in [0.15, 0.2) is 24.3 Å². The van der Waals surface area contributed by atoms with E-state index in [0.717, 1.165) is 6.54 Å². The summed E-state index contributed by atoms with van der Waals surface area (Å²) in [7, 11) is 1.88. The van der Waals surface area contributed by atoms with Crippen molar-refractivity contribution in [1.82, 2.24) is 14.8 Å². The van der Waals surface area contributed by atoms with Gasteiger partial charge in [0, 0.05) is 19.2 Å². The number of rotatable bonds is 4. The third-order valence-corrected chi connectivity index (χ3v) is 3.62. The summed E-state index contributed by atoms with van der Waals surface area (Å²) in [6.07, 6.45) is 0. The molecule has 0 bridgehead atoms. The standard InChI is InChI=1S/C13H17FN4S/c1-4-18-12(15-16-13(18)19)17(3)9(2)10-7-5-6-8-11(10)14/h5-9H,4H2,1-3H3,(H,16,19).